The molecule has 8 heteroatoms. The Morgan fingerprint density at radius 1 is 1.23 bits per heavy atom. The maximum Gasteiger partial charge on any atom is 0.255 e. The van der Waals surface area contributed by atoms with Crippen molar-refractivity contribution < 1.29 is 14.3 Å². The highest BCUT2D eigenvalue weighted by atomic mass is 32.1. The number of carbonyl (C=O) groups is 2. The lowest BCUT2D eigenvalue weighted by Gasteiger charge is -2.29. The van der Waals surface area contributed by atoms with Crippen LogP contribution in [0.15, 0.2) is 42.5 Å². The summed E-state index contributed by atoms with van der Waals surface area (Å²) in [6, 6.07) is 12.4. The number of para-hydroxylation sites is 1. The predicted octanol–water partition coefficient (Wildman–Crippen LogP) is 1.49. The minimum Gasteiger partial charge on any atom is -0.492 e. The van der Waals surface area contributed by atoms with E-state index in [9.17, 15) is 9.59 Å². The van der Waals surface area contributed by atoms with Gasteiger partial charge in [-0.3, -0.25) is 9.59 Å². The summed E-state index contributed by atoms with van der Waals surface area (Å²) in [5.74, 6) is 0.142. The highest BCUT2D eigenvalue weighted by Crippen LogP contribution is 2.35. The van der Waals surface area contributed by atoms with Gasteiger partial charge in [-0.05, 0) is 18.6 Å². The quantitative estimate of drug-likeness (QED) is 0.377. The van der Waals surface area contributed by atoms with Crippen molar-refractivity contribution in [3.8, 4) is 5.75 Å². The Morgan fingerprint density at radius 2 is 1.97 bits per heavy atom. The number of carbonyl (C=O) groups excluding carboxylic acids is 2. The number of benzene rings is 2. The average Bonchev–Trinajstić information content (AvgIpc) is 2.77. The van der Waals surface area contributed by atoms with Crippen LogP contribution in [0.5, 0.6) is 5.75 Å². The van der Waals surface area contributed by atoms with Crippen molar-refractivity contribution in [3.63, 3.8) is 0 Å². The second-order valence-corrected chi connectivity index (χ2v) is 8.25. The standard InChI is InChI=1S/C23H30N4O3S/c1-14-5-7-15(8-6-14)11-20(22(25)28)27-23(29)18-4-2-3-17-19(9-10-30-21(17)18)26-12-16(24)13-31/h2-8,16,19-20,26,31H,9-13,24H2,1H3,(H2,25,28)(H,27,29). The van der Waals surface area contributed by atoms with Gasteiger partial charge in [-0.15, -0.1) is 0 Å². The maximum absolute atomic E-state index is 13.0. The van der Waals surface area contributed by atoms with Gasteiger partial charge in [0.05, 0.1) is 12.2 Å². The van der Waals surface area contributed by atoms with Gasteiger partial charge in [-0.1, -0.05) is 42.0 Å². The van der Waals surface area contributed by atoms with Gasteiger partial charge in [0.25, 0.3) is 5.91 Å². The largest absolute Gasteiger partial charge is 0.492 e. The van der Waals surface area contributed by atoms with E-state index >= 15 is 0 Å². The van der Waals surface area contributed by atoms with Crippen LogP contribution in [0.2, 0.25) is 0 Å². The number of primary amides is 1. The summed E-state index contributed by atoms with van der Waals surface area (Å²) in [6.45, 7) is 3.09. The molecule has 3 unspecified atom stereocenters. The Balaban J connectivity index is 1.76. The van der Waals surface area contributed by atoms with Crippen molar-refractivity contribution in [1.82, 2.24) is 10.6 Å². The van der Waals surface area contributed by atoms with Crippen LogP contribution in [0.1, 0.15) is 39.5 Å². The molecule has 3 rings (SSSR count). The number of hydrogen-bond donors (Lipinski definition) is 5. The minimum absolute atomic E-state index is 0.0296. The fourth-order valence-corrected chi connectivity index (χ4v) is 3.72. The molecule has 1 aliphatic rings. The van der Waals surface area contributed by atoms with Crippen molar-refractivity contribution in [2.24, 2.45) is 11.5 Å². The SMILES string of the molecule is Cc1ccc(CC(NC(=O)c2cccc3c2OCCC3NCC(N)CS)C(N)=O)cc1. The van der Waals surface area contributed by atoms with E-state index in [-0.39, 0.29) is 18.0 Å². The number of fused-ring (bicyclic) bond motifs is 1. The summed E-state index contributed by atoms with van der Waals surface area (Å²) < 4.78 is 5.85. The zero-order valence-electron chi connectivity index (χ0n) is 17.6. The summed E-state index contributed by atoms with van der Waals surface area (Å²) in [5.41, 5.74) is 14.9. The molecule has 2 amide bonds. The molecular weight excluding hydrogens is 412 g/mol. The summed E-state index contributed by atoms with van der Waals surface area (Å²) in [7, 11) is 0. The van der Waals surface area contributed by atoms with E-state index in [1.54, 1.807) is 6.07 Å². The molecule has 0 bridgehead atoms. The molecule has 1 heterocycles. The van der Waals surface area contributed by atoms with Crippen molar-refractivity contribution in [2.75, 3.05) is 18.9 Å². The third kappa shape index (κ3) is 6.00. The van der Waals surface area contributed by atoms with Gasteiger partial charge in [0.2, 0.25) is 5.91 Å². The van der Waals surface area contributed by atoms with Gasteiger partial charge in [-0.25, -0.2) is 0 Å². The molecule has 7 nitrogen and oxygen atoms in total. The normalized spacial score (nSPS) is 17.2. The topological polar surface area (TPSA) is 119 Å². The first-order chi connectivity index (χ1) is 14.9. The lowest BCUT2D eigenvalue weighted by atomic mass is 9.96. The molecule has 1 aliphatic heterocycles. The summed E-state index contributed by atoms with van der Waals surface area (Å²) in [6.07, 6.45) is 1.09. The molecule has 0 aliphatic carbocycles. The number of ether oxygens (including phenoxy) is 1. The monoisotopic (exact) mass is 442 g/mol. The van der Waals surface area contributed by atoms with E-state index in [0.717, 1.165) is 23.1 Å². The van der Waals surface area contributed by atoms with Crippen molar-refractivity contribution >= 4 is 24.4 Å². The number of rotatable bonds is 9. The Labute approximate surface area is 188 Å². The van der Waals surface area contributed by atoms with E-state index in [1.807, 2.05) is 43.3 Å². The molecule has 0 saturated carbocycles. The lowest BCUT2D eigenvalue weighted by molar-refractivity contribution is -0.119. The summed E-state index contributed by atoms with van der Waals surface area (Å²) in [5, 5.41) is 6.21. The smallest absolute Gasteiger partial charge is 0.255 e. The van der Waals surface area contributed by atoms with Crippen molar-refractivity contribution in [3.05, 3.63) is 64.7 Å². The van der Waals surface area contributed by atoms with E-state index in [4.69, 9.17) is 16.2 Å². The van der Waals surface area contributed by atoms with Gasteiger partial charge < -0.3 is 26.8 Å². The first kappa shape index (κ1) is 23.1. The molecule has 31 heavy (non-hydrogen) atoms. The maximum atomic E-state index is 13.0. The van der Waals surface area contributed by atoms with Gasteiger partial charge >= 0.3 is 0 Å². The fourth-order valence-electron chi connectivity index (χ4n) is 3.59. The minimum atomic E-state index is -0.822. The zero-order chi connectivity index (χ0) is 22.4. The first-order valence-corrected chi connectivity index (χ1v) is 11.0. The first-order valence-electron chi connectivity index (χ1n) is 10.4. The van der Waals surface area contributed by atoms with Crippen LogP contribution in [0.4, 0.5) is 0 Å². The fraction of sp³-hybridized carbons (Fsp3) is 0.391. The van der Waals surface area contributed by atoms with E-state index in [2.05, 4.69) is 23.3 Å². The molecule has 0 radical (unpaired) electrons. The Bertz CT molecular complexity index is 920. The van der Waals surface area contributed by atoms with Crippen molar-refractivity contribution in [1.29, 1.82) is 0 Å². The van der Waals surface area contributed by atoms with Gasteiger partial charge in [0, 0.05) is 42.8 Å². The zero-order valence-corrected chi connectivity index (χ0v) is 18.5. The molecule has 2 aromatic rings. The molecular formula is C23H30N4O3S. The van der Waals surface area contributed by atoms with Crippen LogP contribution >= 0.6 is 12.6 Å². The molecule has 0 saturated heterocycles. The van der Waals surface area contributed by atoms with Crippen LogP contribution in [-0.4, -0.2) is 42.8 Å². The number of nitrogens with one attached hydrogen (secondary N) is 2. The molecule has 0 spiro atoms. The highest BCUT2D eigenvalue weighted by Gasteiger charge is 2.28. The summed E-state index contributed by atoms with van der Waals surface area (Å²) in [4.78, 5) is 25.0. The number of aryl methyl sites for hydroxylation is 1. The number of hydrogen-bond acceptors (Lipinski definition) is 6. The van der Waals surface area contributed by atoms with Crippen LogP contribution in [0.25, 0.3) is 0 Å². The predicted molar refractivity (Wildman–Crippen MR) is 124 cm³/mol. The molecule has 0 aromatic heterocycles. The van der Waals surface area contributed by atoms with E-state index in [1.165, 1.54) is 0 Å². The summed E-state index contributed by atoms with van der Waals surface area (Å²) >= 11 is 4.22. The molecule has 2 aromatic carbocycles. The van der Waals surface area contributed by atoms with Crippen LogP contribution in [0.3, 0.4) is 0 Å². The van der Waals surface area contributed by atoms with Gasteiger partial charge in [0.1, 0.15) is 11.8 Å². The Hall–Kier alpha value is -2.55. The molecule has 0 fully saturated rings. The second-order valence-electron chi connectivity index (χ2n) is 7.88. The average molecular weight is 443 g/mol. The lowest BCUT2D eigenvalue weighted by Crippen LogP contribution is -2.46. The van der Waals surface area contributed by atoms with Gasteiger partial charge in [0.15, 0.2) is 0 Å². The molecule has 3 atom stereocenters. The van der Waals surface area contributed by atoms with Crippen molar-refractivity contribution in [2.45, 2.75) is 37.9 Å². The third-order valence-corrected chi connectivity index (χ3v) is 5.86. The van der Waals surface area contributed by atoms with Crippen LogP contribution < -0.4 is 26.8 Å². The van der Waals surface area contributed by atoms with Gasteiger partial charge in [-0.2, -0.15) is 12.6 Å². The Morgan fingerprint density at radius 3 is 2.65 bits per heavy atom. The van der Waals surface area contributed by atoms with Crippen LogP contribution in [-0.2, 0) is 11.2 Å². The Kier molecular flexibility index (Phi) is 7.95. The van der Waals surface area contributed by atoms with E-state index < -0.39 is 11.9 Å². The highest BCUT2D eigenvalue weighted by molar-refractivity contribution is 7.80. The number of amides is 2. The molecule has 6 N–H and O–H groups in total. The van der Waals surface area contributed by atoms with Crippen LogP contribution in [0, 0.1) is 6.92 Å². The van der Waals surface area contributed by atoms with E-state index in [0.29, 0.717) is 36.6 Å². The second kappa shape index (κ2) is 10.7. The third-order valence-electron chi connectivity index (χ3n) is 5.39. The number of thiol groups is 1. The molecule has 166 valence electrons. The number of nitrogens with two attached hydrogens (primary N) is 2.